The molecule has 5 heteroatoms. The van der Waals surface area contributed by atoms with Gasteiger partial charge in [0.15, 0.2) is 0 Å². The van der Waals surface area contributed by atoms with Crippen LogP contribution in [0.15, 0.2) is 0 Å². The molecule has 0 saturated heterocycles. The van der Waals surface area contributed by atoms with E-state index in [-0.39, 0.29) is 18.4 Å². The number of carboxylic acids is 1. The lowest BCUT2D eigenvalue weighted by Crippen LogP contribution is -2.39. The van der Waals surface area contributed by atoms with Gasteiger partial charge in [-0.15, -0.1) is 0 Å². The van der Waals surface area contributed by atoms with E-state index in [2.05, 4.69) is 10.6 Å². The van der Waals surface area contributed by atoms with E-state index in [9.17, 15) is 9.59 Å². The maximum atomic E-state index is 11.6. The molecule has 1 amide bonds. The lowest BCUT2D eigenvalue weighted by Gasteiger charge is -2.16. The molecule has 0 aromatic rings. The van der Waals surface area contributed by atoms with Gasteiger partial charge in [-0.05, 0) is 18.8 Å². The molecule has 1 atom stereocenters. The second-order valence-corrected chi connectivity index (χ2v) is 4.97. The number of carboxylic acid groups (broad SMARTS) is 1. The molecule has 1 aliphatic rings. The van der Waals surface area contributed by atoms with Gasteiger partial charge in [0, 0.05) is 25.0 Å². The summed E-state index contributed by atoms with van der Waals surface area (Å²) in [6, 6.07) is 0.181. The van der Waals surface area contributed by atoms with Gasteiger partial charge in [-0.2, -0.15) is 0 Å². The average Bonchev–Trinajstić information content (AvgIpc) is 2.98. The van der Waals surface area contributed by atoms with Crippen molar-refractivity contribution in [1.29, 1.82) is 0 Å². The molecular formula is C12H22N2O3. The summed E-state index contributed by atoms with van der Waals surface area (Å²) in [5, 5.41) is 14.7. The van der Waals surface area contributed by atoms with Crippen molar-refractivity contribution >= 4 is 11.9 Å². The van der Waals surface area contributed by atoms with Crippen LogP contribution in [0.4, 0.5) is 0 Å². The summed E-state index contributed by atoms with van der Waals surface area (Å²) in [6.45, 7) is 4.68. The Morgan fingerprint density at radius 2 is 2.00 bits per heavy atom. The third kappa shape index (κ3) is 6.26. The third-order valence-corrected chi connectivity index (χ3v) is 2.84. The molecule has 3 N–H and O–H groups in total. The highest BCUT2D eigenvalue weighted by Crippen LogP contribution is 2.34. The first-order chi connectivity index (χ1) is 7.99. The molecular weight excluding hydrogens is 220 g/mol. The summed E-state index contributed by atoms with van der Waals surface area (Å²) < 4.78 is 0. The van der Waals surface area contributed by atoms with E-state index in [1.54, 1.807) is 0 Å². The van der Waals surface area contributed by atoms with Crippen LogP contribution < -0.4 is 10.6 Å². The second-order valence-electron chi connectivity index (χ2n) is 4.97. The van der Waals surface area contributed by atoms with Crippen LogP contribution in [0.1, 0.15) is 39.5 Å². The van der Waals surface area contributed by atoms with Gasteiger partial charge in [-0.1, -0.05) is 13.8 Å². The van der Waals surface area contributed by atoms with E-state index in [0.29, 0.717) is 24.9 Å². The van der Waals surface area contributed by atoms with Crippen molar-refractivity contribution in [2.45, 2.75) is 51.6 Å². The smallest absolute Gasteiger partial charge is 0.305 e. The van der Waals surface area contributed by atoms with Crippen molar-refractivity contribution in [1.82, 2.24) is 10.6 Å². The van der Waals surface area contributed by atoms with Crippen molar-refractivity contribution < 1.29 is 14.7 Å². The number of carbonyl (C=O) groups excluding carboxylic acids is 1. The predicted octanol–water partition coefficient (Wildman–Crippen LogP) is 0.744. The van der Waals surface area contributed by atoms with E-state index in [4.69, 9.17) is 5.11 Å². The Morgan fingerprint density at radius 3 is 2.47 bits per heavy atom. The standard InChI is InChI=1S/C12H22N2O3/c1-8(2)13-6-5-11(15)14-10(7-12(16)17)9-3-4-9/h8-10,13H,3-7H2,1-2H3,(H,14,15)(H,16,17). The van der Waals surface area contributed by atoms with Gasteiger partial charge >= 0.3 is 5.97 Å². The third-order valence-electron chi connectivity index (χ3n) is 2.84. The van der Waals surface area contributed by atoms with E-state index in [1.807, 2.05) is 13.8 Å². The van der Waals surface area contributed by atoms with Crippen LogP contribution in [-0.2, 0) is 9.59 Å². The van der Waals surface area contributed by atoms with E-state index in [0.717, 1.165) is 12.8 Å². The van der Waals surface area contributed by atoms with Gasteiger partial charge < -0.3 is 15.7 Å². The van der Waals surface area contributed by atoms with Gasteiger partial charge in [0.25, 0.3) is 0 Å². The molecule has 0 aliphatic heterocycles. The fourth-order valence-corrected chi connectivity index (χ4v) is 1.78. The molecule has 1 aliphatic carbocycles. The summed E-state index contributed by atoms with van der Waals surface area (Å²) in [5.74, 6) is -0.535. The molecule has 0 bridgehead atoms. The van der Waals surface area contributed by atoms with Gasteiger partial charge in [-0.25, -0.2) is 0 Å². The Bertz CT molecular complexity index is 275. The van der Waals surface area contributed by atoms with Gasteiger partial charge in [0.05, 0.1) is 6.42 Å². The van der Waals surface area contributed by atoms with Crippen LogP contribution in [0.2, 0.25) is 0 Å². The molecule has 1 rings (SSSR count). The first-order valence-electron chi connectivity index (χ1n) is 6.23. The van der Waals surface area contributed by atoms with Crippen LogP contribution in [0.3, 0.4) is 0 Å². The van der Waals surface area contributed by atoms with Crippen LogP contribution in [0.25, 0.3) is 0 Å². The monoisotopic (exact) mass is 242 g/mol. The minimum atomic E-state index is -0.845. The van der Waals surface area contributed by atoms with Crippen LogP contribution in [-0.4, -0.2) is 35.6 Å². The topological polar surface area (TPSA) is 78.4 Å². The molecule has 0 radical (unpaired) electrons. The molecule has 1 unspecified atom stereocenters. The first-order valence-corrected chi connectivity index (χ1v) is 6.23. The summed E-state index contributed by atoms with van der Waals surface area (Å²) in [5.41, 5.74) is 0. The first kappa shape index (κ1) is 14.0. The number of aliphatic carboxylic acids is 1. The van der Waals surface area contributed by atoms with Crippen LogP contribution in [0.5, 0.6) is 0 Å². The Balaban J connectivity index is 2.24. The number of carbonyl (C=O) groups is 2. The van der Waals surface area contributed by atoms with Crippen molar-refractivity contribution in [3.05, 3.63) is 0 Å². The van der Waals surface area contributed by atoms with Crippen LogP contribution in [0, 0.1) is 5.92 Å². The predicted molar refractivity (Wildman–Crippen MR) is 64.7 cm³/mol. The summed E-state index contributed by atoms with van der Waals surface area (Å²) >= 11 is 0. The molecule has 5 nitrogen and oxygen atoms in total. The number of rotatable bonds is 8. The van der Waals surface area contributed by atoms with Gasteiger partial charge in [0.2, 0.25) is 5.91 Å². The average molecular weight is 242 g/mol. The molecule has 1 fully saturated rings. The van der Waals surface area contributed by atoms with E-state index >= 15 is 0 Å². The number of hydrogen-bond donors (Lipinski definition) is 3. The highest BCUT2D eigenvalue weighted by Gasteiger charge is 2.33. The van der Waals surface area contributed by atoms with E-state index < -0.39 is 5.97 Å². The SMILES string of the molecule is CC(C)NCCC(=O)NC(CC(=O)O)C1CC1. The molecule has 1 saturated carbocycles. The molecule has 0 aromatic carbocycles. The molecule has 98 valence electrons. The van der Waals surface area contributed by atoms with Gasteiger partial charge in [-0.3, -0.25) is 9.59 Å². The minimum absolute atomic E-state index is 0.0357. The lowest BCUT2D eigenvalue weighted by molar-refractivity contribution is -0.137. The zero-order chi connectivity index (χ0) is 12.8. The number of hydrogen-bond acceptors (Lipinski definition) is 3. The molecule has 0 spiro atoms. The molecule has 0 heterocycles. The summed E-state index contributed by atoms with van der Waals surface area (Å²) in [4.78, 5) is 22.3. The number of nitrogens with one attached hydrogen (secondary N) is 2. The highest BCUT2D eigenvalue weighted by atomic mass is 16.4. The van der Waals surface area contributed by atoms with E-state index in [1.165, 1.54) is 0 Å². The largest absolute Gasteiger partial charge is 0.481 e. The maximum Gasteiger partial charge on any atom is 0.305 e. The Labute approximate surface area is 102 Å². The molecule has 17 heavy (non-hydrogen) atoms. The lowest BCUT2D eigenvalue weighted by atomic mass is 10.1. The van der Waals surface area contributed by atoms with Crippen LogP contribution >= 0.6 is 0 Å². The minimum Gasteiger partial charge on any atom is -0.481 e. The summed E-state index contributed by atoms with van der Waals surface area (Å²) in [6.07, 6.45) is 2.50. The summed E-state index contributed by atoms with van der Waals surface area (Å²) in [7, 11) is 0. The Morgan fingerprint density at radius 1 is 1.35 bits per heavy atom. The Kier molecular flexibility index (Phi) is 5.41. The zero-order valence-corrected chi connectivity index (χ0v) is 10.5. The van der Waals surface area contributed by atoms with Gasteiger partial charge in [0.1, 0.15) is 0 Å². The van der Waals surface area contributed by atoms with Crippen molar-refractivity contribution in [2.24, 2.45) is 5.92 Å². The highest BCUT2D eigenvalue weighted by molar-refractivity contribution is 5.77. The van der Waals surface area contributed by atoms with Crippen molar-refractivity contribution in [2.75, 3.05) is 6.54 Å². The Hall–Kier alpha value is -1.10. The fraction of sp³-hybridized carbons (Fsp3) is 0.833. The number of amides is 1. The fourth-order valence-electron chi connectivity index (χ4n) is 1.78. The molecule has 0 aromatic heterocycles. The van der Waals surface area contributed by atoms with Crippen molar-refractivity contribution in [3.8, 4) is 0 Å². The zero-order valence-electron chi connectivity index (χ0n) is 10.5. The normalized spacial score (nSPS) is 16.9. The quantitative estimate of drug-likeness (QED) is 0.586. The second kappa shape index (κ2) is 6.59. The van der Waals surface area contributed by atoms with Crippen molar-refractivity contribution in [3.63, 3.8) is 0 Å². The maximum absolute atomic E-state index is 11.6.